The number of alkyl halides is 6. The maximum Gasteiger partial charge on any atom is 0.500 e. The van der Waals surface area contributed by atoms with Gasteiger partial charge in [-0.15, -0.1) is 0 Å². The summed E-state index contributed by atoms with van der Waals surface area (Å²) < 4.78 is 128. The Labute approximate surface area is 201 Å². The number of aromatic nitrogens is 1. The van der Waals surface area contributed by atoms with Crippen molar-refractivity contribution in [2.24, 2.45) is 0 Å². The lowest BCUT2D eigenvalue weighted by atomic mass is 10.1. The van der Waals surface area contributed by atoms with Gasteiger partial charge in [0.1, 0.15) is 6.54 Å². The van der Waals surface area contributed by atoms with E-state index in [1.54, 1.807) is 21.3 Å². The van der Waals surface area contributed by atoms with Crippen LogP contribution in [0.2, 0.25) is 6.04 Å². The zero-order chi connectivity index (χ0) is 27.6. The van der Waals surface area contributed by atoms with Crippen molar-refractivity contribution in [1.29, 1.82) is 0 Å². The normalized spacial score (nSPS) is 13.3. The molecule has 0 saturated carbocycles. The Hall–Kier alpha value is -1.31. The van der Waals surface area contributed by atoms with Crippen LogP contribution in [0, 0.1) is 0 Å². The summed E-state index contributed by atoms with van der Waals surface area (Å²) in [6.07, 6.45) is 8.83. The van der Waals surface area contributed by atoms with Crippen molar-refractivity contribution in [3.63, 3.8) is 0 Å². The molecule has 1 aromatic rings. The van der Waals surface area contributed by atoms with Gasteiger partial charge in [0.15, 0.2) is 32.4 Å². The molecule has 35 heavy (non-hydrogen) atoms. The van der Waals surface area contributed by atoms with Crippen molar-refractivity contribution in [2.45, 2.75) is 56.2 Å². The summed E-state index contributed by atoms with van der Waals surface area (Å²) in [5.74, 6) is 0. The van der Waals surface area contributed by atoms with Crippen molar-refractivity contribution in [1.82, 2.24) is 0 Å². The van der Waals surface area contributed by atoms with Gasteiger partial charge in [0, 0.05) is 45.9 Å². The van der Waals surface area contributed by atoms with Crippen LogP contribution in [0.3, 0.4) is 0 Å². The third-order valence-corrected chi connectivity index (χ3v) is 9.93. The summed E-state index contributed by atoms with van der Waals surface area (Å²) in [5, 5.41) is 0. The first kappa shape index (κ1) is 33.7. The maximum atomic E-state index is 11.4. The van der Waals surface area contributed by atoms with Crippen molar-refractivity contribution in [3.05, 3.63) is 34.2 Å². The van der Waals surface area contributed by atoms with Gasteiger partial charge in [-0.3, -0.25) is 0 Å². The van der Waals surface area contributed by atoms with E-state index in [0.717, 1.165) is 36.0 Å². The van der Waals surface area contributed by atoms with E-state index in [2.05, 4.69) is 36.0 Å². The van der Waals surface area contributed by atoms with Crippen LogP contribution in [0.4, 0.5) is 26.3 Å². The van der Waals surface area contributed by atoms with Gasteiger partial charge in [0.05, 0.1) is 0 Å². The Morgan fingerprint density at radius 1 is 0.857 bits per heavy atom. The summed E-state index contributed by atoms with van der Waals surface area (Å²) in [5.41, 5.74) is -11.0. The van der Waals surface area contributed by atoms with Crippen LogP contribution in [0.5, 0.6) is 0 Å². The number of halogens is 6. The van der Waals surface area contributed by atoms with E-state index in [4.69, 9.17) is 13.3 Å². The highest BCUT2D eigenvalue weighted by atomic mass is 32.3. The van der Waals surface area contributed by atoms with Gasteiger partial charge >= 0.3 is 19.8 Å². The second-order valence-corrected chi connectivity index (χ2v) is 13.4. The molecule has 0 N–H and O–H groups in total. The summed E-state index contributed by atoms with van der Waals surface area (Å²) in [4.78, 5) is 0. The Morgan fingerprint density at radius 3 is 1.63 bits per heavy atom. The Kier molecular flexibility index (Phi) is 13.3. The molecule has 0 atom stereocenters. The first-order valence-corrected chi connectivity index (χ1v) is 14.7. The molecule has 0 aromatic carbocycles. The quantitative estimate of drug-likeness (QED) is 0.161. The zero-order valence-corrected chi connectivity index (χ0v) is 22.0. The maximum absolute atomic E-state index is 11.4. The predicted octanol–water partition coefficient (Wildman–Crippen LogP) is 3.64. The summed E-state index contributed by atoms with van der Waals surface area (Å²) in [7, 11) is -10.8. The minimum atomic E-state index is -6.72. The minimum absolute atomic E-state index is 0.778. The Balaban J connectivity index is 0.000000691. The van der Waals surface area contributed by atoms with E-state index in [-0.39, 0.29) is 0 Å². The van der Waals surface area contributed by atoms with E-state index < -0.39 is 39.9 Å². The second kappa shape index (κ2) is 13.8. The van der Waals surface area contributed by atoms with E-state index >= 15 is 0 Å². The van der Waals surface area contributed by atoms with Gasteiger partial charge in [-0.2, -0.15) is 26.3 Å². The fraction of sp³-hybridized carbons (Fsp3) is 0.706. The first-order chi connectivity index (χ1) is 15.9. The molecule has 9 nitrogen and oxygen atoms in total. The molecule has 0 amide bonds. The molecule has 0 bridgehead atoms. The first-order valence-electron chi connectivity index (χ1n) is 9.90. The van der Waals surface area contributed by atoms with E-state index in [9.17, 15) is 43.2 Å². The molecule has 1 aromatic heterocycles. The van der Waals surface area contributed by atoms with Gasteiger partial charge in [-0.1, -0.05) is 13.3 Å². The Bertz CT molecular complexity index is 918. The summed E-state index contributed by atoms with van der Waals surface area (Å²) in [6, 6.07) is 5.29. The van der Waals surface area contributed by atoms with E-state index in [1.807, 2.05) is 0 Å². The molecule has 0 aliphatic carbocycles. The lowest BCUT2D eigenvalue weighted by Gasteiger charge is -2.23. The molecule has 0 aliphatic heterocycles. The van der Waals surface area contributed by atoms with Crippen molar-refractivity contribution in [3.8, 4) is 0 Å². The van der Waals surface area contributed by atoms with Crippen LogP contribution < -0.4 is 4.57 Å². The molecule has 1 heterocycles. The number of pyridine rings is 1. The highest BCUT2D eigenvalue weighted by Gasteiger charge is 2.47. The fourth-order valence-electron chi connectivity index (χ4n) is 2.50. The largest absolute Gasteiger partial charge is 0.500 e. The number of rotatable bonds is 12. The molecule has 206 valence electrons. The minimum Gasteiger partial charge on any atom is -0.421 e. The fourth-order valence-corrected chi connectivity index (χ4v) is 6.00. The smallest absolute Gasteiger partial charge is 0.421 e. The average molecular weight is 579 g/mol. The highest BCUT2D eigenvalue weighted by molar-refractivity contribution is 8.13. The second-order valence-electron chi connectivity index (χ2n) is 6.86. The molecule has 1 rings (SSSR count). The van der Waals surface area contributed by atoms with Crippen LogP contribution in [-0.4, -0.2) is 58.0 Å². The third kappa shape index (κ3) is 11.1. The number of aryl methyl sites for hydroxylation is 2. The predicted molar refractivity (Wildman–Crippen MR) is 115 cm³/mol. The van der Waals surface area contributed by atoms with Gasteiger partial charge in [-0.05, 0) is 18.4 Å². The van der Waals surface area contributed by atoms with Crippen molar-refractivity contribution in [2.75, 3.05) is 21.3 Å². The van der Waals surface area contributed by atoms with Gasteiger partial charge < -0.3 is 17.4 Å². The highest BCUT2D eigenvalue weighted by Crippen LogP contribution is 2.36. The van der Waals surface area contributed by atoms with E-state index in [0.29, 0.717) is 0 Å². The number of hydrogen-bond donors (Lipinski definition) is 0. The Morgan fingerprint density at radius 2 is 1.29 bits per heavy atom. The molecule has 0 fully saturated rings. The van der Waals surface area contributed by atoms with Gasteiger partial charge in [-0.25, -0.2) is 21.4 Å². The molecule has 0 spiro atoms. The van der Waals surface area contributed by atoms with Crippen LogP contribution >= 0.6 is 0 Å². The SMILES string of the molecule is CCCc1cc[n+](CCCC[Si](OC)(OC)OC)cc1.O=S(=O)([N-]S(=O)(=O)C(F)(F)F)C(F)(F)F. The zero-order valence-electron chi connectivity index (χ0n) is 19.4. The van der Waals surface area contributed by atoms with Crippen LogP contribution in [0.1, 0.15) is 31.7 Å². The van der Waals surface area contributed by atoms with Crippen molar-refractivity contribution >= 4 is 28.9 Å². The monoisotopic (exact) mass is 578 g/mol. The lowest BCUT2D eigenvalue weighted by Crippen LogP contribution is -2.42. The molecule has 18 heteroatoms. The standard InChI is InChI=1S/C15H28NO3Si.C2F6NO4S2/c1-5-8-15-9-12-16(13-10-15)11-6-7-14-20(17-2,18-3)19-4;3-1(4,5)14(10,11)9-15(12,13)2(6,7)8/h9-10,12-13H,5-8,11,14H2,1-4H3;/q+1;-1. The number of hydrogen-bond acceptors (Lipinski definition) is 7. The average Bonchev–Trinajstić information content (AvgIpc) is 2.74. The summed E-state index contributed by atoms with van der Waals surface area (Å²) >= 11 is 0. The van der Waals surface area contributed by atoms with Crippen LogP contribution in [-0.2, 0) is 46.3 Å². The third-order valence-electron chi connectivity index (χ3n) is 4.36. The molecule has 0 unspecified atom stereocenters. The molecule has 0 saturated heterocycles. The van der Waals surface area contributed by atoms with Crippen LogP contribution in [0.15, 0.2) is 24.5 Å². The molecule has 0 radical (unpaired) electrons. The lowest BCUT2D eigenvalue weighted by molar-refractivity contribution is -0.697. The van der Waals surface area contributed by atoms with Crippen molar-refractivity contribution < 1.29 is 61.0 Å². The number of sulfonamides is 2. The van der Waals surface area contributed by atoms with Gasteiger partial charge in [0.2, 0.25) is 0 Å². The molecular weight excluding hydrogens is 550 g/mol. The molecular formula is C17H28F6N2O7S2Si. The van der Waals surface area contributed by atoms with Gasteiger partial charge in [0.25, 0.3) is 0 Å². The number of unbranched alkanes of at least 4 members (excludes halogenated alkanes) is 1. The number of nitrogens with zero attached hydrogens (tertiary/aromatic N) is 2. The summed E-state index contributed by atoms with van der Waals surface area (Å²) in [6.45, 7) is 3.23. The van der Waals surface area contributed by atoms with Crippen LogP contribution in [0.25, 0.3) is 4.13 Å². The van der Waals surface area contributed by atoms with E-state index in [1.165, 1.54) is 12.0 Å². The molecule has 0 aliphatic rings. The topological polar surface area (TPSA) is 114 Å².